The van der Waals surface area contributed by atoms with Crippen LogP contribution in [-0.4, -0.2) is 49.7 Å². The van der Waals surface area contributed by atoms with Gasteiger partial charge in [0.1, 0.15) is 0 Å². The lowest BCUT2D eigenvalue weighted by Gasteiger charge is -2.26. The average molecular weight is 280 g/mol. The van der Waals surface area contributed by atoms with Gasteiger partial charge in [-0.3, -0.25) is 0 Å². The van der Waals surface area contributed by atoms with Crippen LogP contribution in [0, 0.1) is 0 Å². The van der Waals surface area contributed by atoms with Crippen LogP contribution in [-0.2, 0) is 17.9 Å². The zero-order valence-corrected chi connectivity index (χ0v) is 12.5. The largest absolute Gasteiger partial charge is 0.380 e. The highest BCUT2D eigenvalue weighted by molar-refractivity contribution is 7.99. The maximum Gasteiger partial charge on any atom is 0.0713 e. The molecule has 0 bridgehead atoms. The molecule has 1 heterocycles. The summed E-state index contributed by atoms with van der Waals surface area (Å²) >= 11 is 2.07. The quantitative estimate of drug-likeness (QED) is 0.772. The molecule has 1 aliphatic rings. The summed E-state index contributed by atoms with van der Waals surface area (Å²) in [7, 11) is 1.73. The molecule has 1 aromatic rings. The van der Waals surface area contributed by atoms with Crippen molar-refractivity contribution in [1.82, 2.24) is 10.2 Å². The topological polar surface area (TPSA) is 24.5 Å². The number of rotatable bonds is 7. The van der Waals surface area contributed by atoms with Crippen LogP contribution in [0.5, 0.6) is 0 Å². The zero-order chi connectivity index (χ0) is 13.3. The summed E-state index contributed by atoms with van der Waals surface area (Å²) in [5.41, 5.74) is 2.58. The maximum absolute atomic E-state index is 5.11. The SMILES string of the molecule is COCc1ccc(CNCCN2CCSCC2)cc1. The first-order valence-corrected chi connectivity index (χ1v) is 8.11. The summed E-state index contributed by atoms with van der Waals surface area (Å²) in [6.45, 7) is 6.39. The Labute approximate surface area is 120 Å². The normalized spacial score (nSPS) is 16.7. The van der Waals surface area contributed by atoms with E-state index in [2.05, 4.69) is 46.2 Å². The van der Waals surface area contributed by atoms with Gasteiger partial charge in [-0.1, -0.05) is 24.3 Å². The Morgan fingerprint density at radius 3 is 2.53 bits per heavy atom. The van der Waals surface area contributed by atoms with E-state index in [4.69, 9.17) is 4.74 Å². The van der Waals surface area contributed by atoms with Gasteiger partial charge < -0.3 is 15.0 Å². The summed E-state index contributed by atoms with van der Waals surface area (Å²) in [6.07, 6.45) is 0. The Bertz CT molecular complexity index is 350. The van der Waals surface area contributed by atoms with Crippen molar-refractivity contribution >= 4 is 11.8 Å². The van der Waals surface area contributed by atoms with Gasteiger partial charge in [0.25, 0.3) is 0 Å². The summed E-state index contributed by atoms with van der Waals surface area (Å²) in [4.78, 5) is 2.55. The Morgan fingerprint density at radius 1 is 1.16 bits per heavy atom. The Hall–Kier alpha value is -0.550. The van der Waals surface area contributed by atoms with E-state index in [1.54, 1.807) is 7.11 Å². The first-order valence-electron chi connectivity index (χ1n) is 6.96. The predicted molar refractivity (Wildman–Crippen MR) is 82.6 cm³/mol. The predicted octanol–water partition coefficient (Wildman–Crippen LogP) is 1.97. The molecule has 19 heavy (non-hydrogen) atoms. The van der Waals surface area contributed by atoms with Crippen LogP contribution in [0.3, 0.4) is 0 Å². The Balaban J connectivity index is 1.62. The molecule has 1 N–H and O–H groups in total. The number of hydrogen-bond donors (Lipinski definition) is 1. The second-order valence-corrected chi connectivity index (χ2v) is 6.11. The molecule has 1 fully saturated rings. The van der Waals surface area contributed by atoms with E-state index < -0.39 is 0 Å². The smallest absolute Gasteiger partial charge is 0.0713 e. The van der Waals surface area contributed by atoms with Crippen LogP contribution in [0.15, 0.2) is 24.3 Å². The third-order valence-electron chi connectivity index (χ3n) is 3.37. The molecule has 0 saturated carbocycles. The van der Waals surface area contributed by atoms with Crippen LogP contribution in [0.2, 0.25) is 0 Å². The Morgan fingerprint density at radius 2 is 1.84 bits per heavy atom. The van der Waals surface area contributed by atoms with Gasteiger partial charge in [0.15, 0.2) is 0 Å². The molecule has 0 aromatic heterocycles. The monoisotopic (exact) mass is 280 g/mol. The van der Waals surface area contributed by atoms with Gasteiger partial charge in [-0.25, -0.2) is 0 Å². The molecule has 3 nitrogen and oxygen atoms in total. The highest BCUT2D eigenvalue weighted by atomic mass is 32.2. The van der Waals surface area contributed by atoms with Crippen molar-refractivity contribution in [2.24, 2.45) is 0 Å². The Kier molecular flexibility index (Phi) is 6.71. The van der Waals surface area contributed by atoms with Crippen molar-refractivity contribution in [1.29, 1.82) is 0 Å². The lowest BCUT2D eigenvalue weighted by Crippen LogP contribution is -2.37. The first kappa shape index (κ1) is 14.9. The van der Waals surface area contributed by atoms with E-state index in [0.29, 0.717) is 6.61 Å². The molecule has 1 saturated heterocycles. The fourth-order valence-electron chi connectivity index (χ4n) is 2.21. The van der Waals surface area contributed by atoms with Gasteiger partial charge >= 0.3 is 0 Å². The third kappa shape index (κ3) is 5.53. The van der Waals surface area contributed by atoms with Crippen LogP contribution < -0.4 is 5.32 Å². The maximum atomic E-state index is 5.11. The van der Waals surface area contributed by atoms with Gasteiger partial charge in [0.2, 0.25) is 0 Å². The van der Waals surface area contributed by atoms with E-state index in [9.17, 15) is 0 Å². The van der Waals surface area contributed by atoms with E-state index in [0.717, 1.165) is 13.1 Å². The van der Waals surface area contributed by atoms with Crippen LogP contribution in [0.1, 0.15) is 11.1 Å². The summed E-state index contributed by atoms with van der Waals surface area (Å²) in [5, 5.41) is 3.52. The highest BCUT2D eigenvalue weighted by Crippen LogP contribution is 2.08. The summed E-state index contributed by atoms with van der Waals surface area (Å²) in [6, 6.07) is 8.64. The molecule has 2 rings (SSSR count). The number of benzene rings is 1. The standard InChI is InChI=1S/C15H24N2OS/c1-18-13-15-4-2-14(3-5-15)12-16-6-7-17-8-10-19-11-9-17/h2-5,16H,6-13H2,1H3. The minimum atomic E-state index is 0.695. The molecule has 0 spiro atoms. The molecular formula is C15H24N2OS. The van der Waals surface area contributed by atoms with Crippen molar-refractivity contribution in [3.8, 4) is 0 Å². The number of hydrogen-bond acceptors (Lipinski definition) is 4. The fourth-order valence-corrected chi connectivity index (χ4v) is 3.19. The fraction of sp³-hybridized carbons (Fsp3) is 0.600. The number of nitrogens with one attached hydrogen (secondary N) is 1. The van der Waals surface area contributed by atoms with Crippen LogP contribution in [0.25, 0.3) is 0 Å². The minimum Gasteiger partial charge on any atom is -0.380 e. The zero-order valence-electron chi connectivity index (χ0n) is 11.7. The number of thioether (sulfide) groups is 1. The lowest BCUT2D eigenvalue weighted by molar-refractivity contribution is 0.185. The molecule has 0 radical (unpaired) electrons. The summed E-state index contributed by atoms with van der Waals surface area (Å²) in [5.74, 6) is 2.59. The molecule has 106 valence electrons. The molecular weight excluding hydrogens is 256 g/mol. The van der Waals surface area contributed by atoms with Crippen molar-refractivity contribution in [2.45, 2.75) is 13.2 Å². The number of methoxy groups -OCH3 is 1. The third-order valence-corrected chi connectivity index (χ3v) is 4.31. The average Bonchev–Trinajstić information content (AvgIpc) is 2.47. The van der Waals surface area contributed by atoms with Gasteiger partial charge in [-0.2, -0.15) is 11.8 Å². The number of ether oxygens (including phenoxy) is 1. The highest BCUT2D eigenvalue weighted by Gasteiger charge is 2.08. The minimum absolute atomic E-state index is 0.695. The van der Waals surface area contributed by atoms with Gasteiger partial charge in [-0.15, -0.1) is 0 Å². The van der Waals surface area contributed by atoms with Crippen LogP contribution in [0.4, 0.5) is 0 Å². The molecule has 0 atom stereocenters. The van der Waals surface area contributed by atoms with Gasteiger partial charge in [0.05, 0.1) is 6.61 Å². The van der Waals surface area contributed by atoms with E-state index in [-0.39, 0.29) is 0 Å². The van der Waals surface area contributed by atoms with Gasteiger partial charge in [0, 0.05) is 51.3 Å². The van der Waals surface area contributed by atoms with E-state index >= 15 is 0 Å². The van der Waals surface area contributed by atoms with Crippen molar-refractivity contribution < 1.29 is 4.74 Å². The molecule has 0 unspecified atom stereocenters. The molecule has 0 aliphatic carbocycles. The van der Waals surface area contributed by atoms with Gasteiger partial charge in [-0.05, 0) is 11.1 Å². The second kappa shape index (κ2) is 8.59. The molecule has 1 aromatic carbocycles. The molecule has 0 amide bonds. The number of nitrogens with zero attached hydrogens (tertiary/aromatic N) is 1. The molecule has 4 heteroatoms. The van der Waals surface area contributed by atoms with E-state index in [1.165, 1.54) is 42.3 Å². The van der Waals surface area contributed by atoms with Crippen LogP contribution >= 0.6 is 11.8 Å². The first-order chi connectivity index (χ1) is 9.38. The lowest BCUT2D eigenvalue weighted by atomic mass is 10.1. The van der Waals surface area contributed by atoms with E-state index in [1.807, 2.05) is 0 Å². The van der Waals surface area contributed by atoms with Crippen molar-refractivity contribution in [3.63, 3.8) is 0 Å². The molecule has 1 aliphatic heterocycles. The van der Waals surface area contributed by atoms with Crippen molar-refractivity contribution in [2.75, 3.05) is 44.8 Å². The van der Waals surface area contributed by atoms with Crippen molar-refractivity contribution in [3.05, 3.63) is 35.4 Å². The summed E-state index contributed by atoms with van der Waals surface area (Å²) < 4.78 is 5.11. The second-order valence-electron chi connectivity index (χ2n) is 4.88.